The summed E-state index contributed by atoms with van der Waals surface area (Å²) in [6.45, 7) is 5.77. The molecule has 172 valence electrons. The summed E-state index contributed by atoms with van der Waals surface area (Å²) in [4.78, 5) is 23.4. The molecule has 0 aliphatic rings. The molecule has 2 aromatic rings. The number of phenolic OH excluding ortho intramolecular Hbond substituents is 1. The van der Waals surface area contributed by atoms with Gasteiger partial charge in [-0.1, -0.05) is 38.1 Å². The third kappa shape index (κ3) is 6.40. The van der Waals surface area contributed by atoms with Gasteiger partial charge < -0.3 is 19.7 Å². The van der Waals surface area contributed by atoms with Crippen LogP contribution in [0.1, 0.15) is 50.7 Å². The van der Waals surface area contributed by atoms with Gasteiger partial charge in [-0.05, 0) is 47.7 Å². The third-order valence-electron chi connectivity index (χ3n) is 4.88. The Balaban J connectivity index is 2.44. The van der Waals surface area contributed by atoms with E-state index in [0.29, 0.717) is 16.7 Å². The minimum Gasteiger partial charge on any atom is -0.504 e. The Kier molecular flexibility index (Phi) is 8.96. The Labute approximate surface area is 187 Å². The number of ether oxygens (including phenoxy) is 2. The first-order valence-corrected chi connectivity index (χ1v) is 10.4. The smallest absolute Gasteiger partial charge is 0.313 e. The summed E-state index contributed by atoms with van der Waals surface area (Å²) in [7, 11) is 1.45. The number of hydrogen-bond acceptors (Lipinski definition) is 6. The lowest BCUT2D eigenvalue weighted by atomic mass is 9.88. The first-order chi connectivity index (χ1) is 15.2. The van der Waals surface area contributed by atoms with Crippen LogP contribution >= 0.6 is 0 Å². The molecule has 2 N–H and O–H groups in total. The molecule has 1 unspecified atom stereocenters. The number of hydrogen-bond donors (Lipinski definition) is 2. The van der Waals surface area contributed by atoms with Crippen molar-refractivity contribution in [3.05, 3.63) is 53.4 Å². The number of aliphatic hydroxyl groups is 1. The summed E-state index contributed by atoms with van der Waals surface area (Å²) in [5.74, 6) is -1.29. The highest BCUT2D eigenvalue weighted by atomic mass is 19.1. The predicted molar refractivity (Wildman–Crippen MR) is 120 cm³/mol. The van der Waals surface area contributed by atoms with E-state index in [-0.39, 0.29) is 30.4 Å². The van der Waals surface area contributed by atoms with Gasteiger partial charge in [-0.25, -0.2) is 4.39 Å². The van der Waals surface area contributed by atoms with E-state index in [1.807, 2.05) is 13.8 Å². The van der Waals surface area contributed by atoms with Crippen molar-refractivity contribution in [2.24, 2.45) is 0 Å². The van der Waals surface area contributed by atoms with Crippen molar-refractivity contribution in [1.82, 2.24) is 0 Å². The molecule has 1 atom stereocenters. The van der Waals surface area contributed by atoms with E-state index in [2.05, 4.69) is 0 Å². The monoisotopic (exact) mass is 444 g/mol. The predicted octanol–water partition coefficient (Wildman–Crippen LogP) is 4.62. The van der Waals surface area contributed by atoms with Gasteiger partial charge in [-0.2, -0.15) is 0 Å². The molecule has 0 bridgehead atoms. The number of aliphatic hydroxyl groups excluding tert-OH is 1. The quantitative estimate of drug-likeness (QED) is 0.410. The summed E-state index contributed by atoms with van der Waals surface area (Å²) in [6, 6.07) is 7.39. The third-order valence-corrected chi connectivity index (χ3v) is 4.88. The maximum atomic E-state index is 13.5. The van der Waals surface area contributed by atoms with Gasteiger partial charge in [-0.15, -0.1) is 0 Å². The highest BCUT2D eigenvalue weighted by molar-refractivity contribution is 5.96. The van der Waals surface area contributed by atoms with Gasteiger partial charge in [0.1, 0.15) is 18.0 Å². The topological polar surface area (TPSA) is 93.1 Å². The summed E-state index contributed by atoms with van der Waals surface area (Å²) >= 11 is 0. The molecule has 0 heterocycles. The van der Waals surface area contributed by atoms with E-state index in [1.165, 1.54) is 25.3 Å². The maximum absolute atomic E-state index is 13.5. The molecule has 0 saturated carbocycles. The standard InChI is InChI=1S/C25H29FO6/c1-5-32-23(29)13-19(28)12-18(27)10-11-20-21(15(2)3)14-22(31-4)25(30)24(20)16-6-8-17(26)9-7-16/h6-11,14-15,18,27,30H,5,12-13H2,1-4H3. The van der Waals surface area contributed by atoms with E-state index >= 15 is 0 Å². The first kappa shape index (κ1) is 25.1. The van der Waals surface area contributed by atoms with Gasteiger partial charge >= 0.3 is 5.97 Å². The number of aromatic hydroxyl groups is 1. The highest BCUT2D eigenvalue weighted by Gasteiger charge is 2.21. The van der Waals surface area contributed by atoms with Crippen LogP contribution in [0.4, 0.5) is 4.39 Å². The van der Waals surface area contributed by atoms with E-state index < -0.39 is 30.1 Å². The van der Waals surface area contributed by atoms with Gasteiger partial charge in [0, 0.05) is 12.0 Å². The zero-order chi connectivity index (χ0) is 23.8. The van der Waals surface area contributed by atoms with Gasteiger partial charge in [0.15, 0.2) is 11.5 Å². The van der Waals surface area contributed by atoms with Crippen LogP contribution in [-0.2, 0) is 14.3 Å². The van der Waals surface area contributed by atoms with Crippen molar-refractivity contribution in [3.8, 4) is 22.6 Å². The molecule has 6 nitrogen and oxygen atoms in total. The van der Waals surface area contributed by atoms with Gasteiger partial charge in [0.2, 0.25) is 0 Å². The minimum absolute atomic E-state index is 0.0333. The molecule has 32 heavy (non-hydrogen) atoms. The summed E-state index contributed by atoms with van der Waals surface area (Å²) in [5, 5.41) is 21.2. The fourth-order valence-corrected chi connectivity index (χ4v) is 3.36. The zero-order valence-corrected chi connectivity index (χ0v) is 18.7. The Hall–Kier alpha value is -3.19. The molecule has 0 radical (unpaired) electrons. The minimum atomic E-state index is -1.14. The number of benzene rings is 2. The van der Waals surface area contributed by atoms with Crippen LogP contribution in [0, 0.1) is 5.82 Å². The van der Waals surface area contributed by atoms with E-state index in [9.17, 15) is 24.2 Å². The average Bonchev–Trinajstić information content (AvgIpc) is 2.72. The zero-order valence-electron chi connectivity index (χ0n) is 18.7. The van der Waals surface area contributed by atoms with Crippen LogP contribution in [-0.4, -0.2) is 41.8 Å². The number of carbonyl (C=O) groups excluding carboxylic acids is 2. The molecule has 0 aromatic heterocycles. The number of carbonyl (C=O) groups is 2. The van der Waals surface area contributed by atoms with E-state index in [4.69, 9.17) is 9.47 Å². The lowest BCUT2D eigenvalue weighted by Gasteiger charge is -2.19. The average molecular weight is 444 g/mol. The normalized spacial score (nSPS) is 12.2. The largest absolute Gasteiger partial charge is 0.504 e. The molecular formula is C25H29FO6. The molecule has 0 spiro atoms. The Morgan fingerprint density at radius 3 is 2.41 bits per heavy atom. The molecule has 0 fully saturated rings. The van der Waals surface area contributed by atoms with Crippen molar-refractivity contribution < 1.29 is 33.7 Å². The molecule has 0 amide bonds. The van der Waals surface area contributed by atoms with Gasteiger partial charge in [0.05, 0.1) is 19.8 Å². The van der Waals surface area contributed by atoms with Crippen LogP contribution < -0.4 is 4.74 Å². The highest BCUT2D eigenvalue weighted by Crippen LogP contribution is 2.44. The fourth-order valence-electron chi connectivity index (χ4n) is 3.36. The van der Waals surface area contributed by atoms with E-state index in [1.54, 1.807) is 31.2 Å². The van der Waals surface area contributed by atoms with Crippen molar-refractivity contribution in [3.63, 3.8) is 0 Å². The summed E-state index contributed by atoms with van der Waals surface area (Å²) in [6.07, 6.45) is 1.27. The SMILES string of the molecule is CCOC(=O)CC(=O)CC(O)C=Cc1c(C(C)C)cc(OC)c(O)c1-c1ccc(F)cc1. The van der Waals surface area contributed by atoms with Crippen LogP contribution in [0.15, 0.2) is 36.4 Å². The number of methoxy groups -OCH3 is 1. The fraction of sp³-hybridized carbons (Fsp3) is 0.360. The number of rotatable bonds is 10. The van der Waals surface area contributed by atoms with E-state index in [0.717, 1.165) is 5.56 Å². The number of esters is 1. The number of Topliss-reactive ketones (excluding diaryl/α,β-unsaturated/α-hetero) is 1. The van der Waals surface area contributed by atoms with Crippen LogP contribution in [0.5, 0.6) is 11.5 Å². The molecule has 2 rings (SSSR count). The Bertz CT molecular complexity index is 979. The number of halogens is 1. The Morgan fingerprint density at radius 2 is 1.84 bits per heavy atom. The van der Waals surface area contributed by atoms with Crippen molar-refractivity contribution in [2.45, 2.75) is 45.6 Å². The lowest BCUT2D eigenvalue weighted by molar-refractivity contribution is -0.145. The van der Waals surface area contributed by atoms with Crippen molar-refractivity contribution in [1.29, 1.82) is 0 Å². The van der Waals surface area contributed by atoms with Gasteiger partial charge in [0.25, 0.3) is 0 Å². The van der Waals surface area contributed by atoms with Gasteiger partial charge in [-0.3, -0.25) is 9.59 Å². The molecule has 0 aliphatic carbocycles. The summed E-state index contributed by atoms with van der Waals surface area (Å²) < 4.78 is 23.5. The molecule has 2 aromatic carbocycles. The molecule has 0 aliphatic heterocycles. The first-order valence-electron chi connectivity index (χ1n) is 10.4. The maximum Gasteiger partial charge on any atom is 0.313 e. The number of phenols is 1. The number of ketones is 1. The van der Waals surface area contributed by atoms with Crippen LogP contribution in [0.3, 0.4) is 0 Å². The lowest BCUT2D eigenvalue weighted by Crippen LogP contribution is -2.16. The molecule has 0 saturated heterocycles. The summed E-state index contributed by atoms with van der Waals surface area (Å²) in [5.41, 5.74) is 2.44. The van der Waals surface area contributed by atoms with Crippen LogP contribution in [0.25, 0.3) is 17.2 Å². The second kappa shape index (κ2) is 11.4. The van der Waals surface area contributed by atoms with Crippen molar-refractivity contribution in [2.75, 3.05) is 13.7 Å². The Morgan fingerprint density at radius 1 is 1.19 bits per heavy atom. The second-order valence-electron chi connectivity index (χ2n) is 7.62. The van der Waals surface area contributed by atoms with Crippen molar-refractivity contribution >= 4 is 17.8 Å². The van der Waals surface area contributed by atoms with Crippen LogP contribution in [0.2, 0.25) is 0 Å². The second-order valence-corrected chi connectivity index (χ2v) is 7.62. The molecular weight excluding hydrogens is 415 g/mol. The molecule has 7 heteroatoms.